The van der Waals surface area contributed by atoms with Crippen LogP contribution in [0.5, 0.6) is 5.75 Å². The Morgan fingerprint density at radius 2 is 1.61 bits per heavy atom. The van der Waals surface area contributed by atoms with E-state index in [0.717, 1.165) is 22.3 Å². The van der Waals surface area contributed by atoms with Crippen LogP contribution < -0.4 is 9.64 Å². The predicted octanol–water partition coefficient (Wildman–Crippen LogP) is 4.71. The second-order valence-electron chi connectivity index (χ2n) is 9.73. The van der Waals surface area contributed by atoms with E-state index in [9.17, 15) is 14.4 Å². The van der Waals surface area contributed by atoms with Gasteiger partial charge in [0.2, 0.25) is 11.8 Å². The molecular weight excluding hydrogens is 452 g/mol. The molecule has 6 heteroatoms. The summed E-state index contributed by atoms with van der Waals surface area (Å²) in [6, 6.07) is 19.3. The number of rotatable bonds is 4. The number of benzene rings is 3. The lowest BCUT2D eigenvalue weighted by Gasteiger charge is -2.35. The molecule has 0 spiro atoms. The molecule has 0 radical (unpaired) electrons. The number of amides is 2. The molecule has 4 atom stereocenters. The van der Waals surface area contributed by atoms with Crippen molar-refractivity contribution in [2.24, 2.45) is 11.8 Å². The molecule has 0 aromatic heterocycles. The number of carbonyl (C=O) groups excluding carboxylic acids is 3. The first kappa shape index (κ1) is 22.3. The number of hydrogen-bond acceptors (Lipinski definition) is 5. The number of ether oxygens (including phenoxy) is 1. The van der Waals surface area contributed by atoms with Crippen molar-refractivity contribution in [1.82, 2.24) is 4.90 Å². The first-order chi connectivity index (χ1) is 17.4. The fourth-order valence-corrected chi connectivity index (χ4v) is 6.08. The summed E-state index contributed by atoms with van der Waals surface area (Å²) in [6.07, 6.45) is 3.83. The lowest BCUT2D eigenvalue weighted by molar-refractivity contribution is -0.123. The summed E-state index contributed by atoms with van der Waals surface area (Å²) in [7, 11) is 1.57. The van der Waals surface area contributed by atoms with Gasteiger partial charge in [0.15, 0.2) is 5.78 Å². The molecule has 6 rings (SSSR count). The number of ketones is 1. The Morgan fingerprint density at radius 3 is 2.33 bits per heavy atom. The number of Topliss-reactive ketones (excluding diaryl/α,β-unsaturated/α-hetero) is 1. The van der Waals surface area contributed by atoms with Gasteiger partial charge in [0, 0.05) is 11.8 Å². The van der Waals surface area contributed by atoms with E-state index in [2.05, 4.69) is 0 Å². The molecule has 2 amide bonds. The Labute approximate surface area is 209 Å². The lowest BCUT2D eigenvalue weighted by atomic mass is 9.83. The van der Waals surface area contributed by atoms with Gasteiger partial charge in [-0.2, -0.15) is 0 Å². The molecule has 2 saturated heterocycles. The highest BCUT2D eigenvalue weighted by atomic mass is 16.5. The minimum Gasteiger partial charge on any atom is -0.497 e. The number of carbonyl (C=O) groups is 3. The molecule has 180 valence electrons. The molecule has 0 unspecified atom stereocenters. The average molecular weight is 479 g/mol. The Kier molecular flexibility index (Phi) is 5.07. The summed E-state index contributed by atoms with van der Waals surface area (Å²) >= 11 is 0. The van der Waals surface area contributed by atoms with Gasteiger partial charge in [0.25, 0.3) is 0 Å². The molecule has 0 aliphatic carbocycles. The maximum absolute atomic E-state index is 14.0. The molecule has 3 aromatic rings. The van der Waals surface area contributed by atoms with Crippen LogP contribution >= 0.6 is 0 Å². The van der Waals surface area contributed by atoms with Crippen molar-refractivity contribution in [3.05, 3.63) is 101 Å². The molecule has 36 heavy (non-hydrogen) atoms. The third-order valence-corrected chi connectivity index (χ3v) is 7.70. The van der Waals surface area contributed by atoms with Gasteiger partial charge in [-0.15, -0.1) is 0 Å². The molecule has 6 nitrogen and oxygen atoms in total. The lowest BCUT2D eigenvalue weighted by Crippen LogP contribution is -2.44. The average Bonchev–Trinajstić information content (AvgIpc) is 3.36. The largest absolute Gasteiger partial charge is 0.497 e. The summed E-state index contributed by atoms with van der Waals surface area (Å²) in [4.78, 5) is 45.2. The molecule has 0 saturated carbocycles. The molecule has 2 fully saturated rings. The number of fused-ring (bicyclic) bond motifs is 5. The Morgan fingerprint density at radius 1 is 0.889 bits per heavy atom. The van der Waals surface area contributed by atoms with E-state index in [4.69, 9.17) is 4.74 Å². The van der Waals surface area contributed by atoms with Crippen molar-refractivity contribution in [3.8, 4) is 5.75 Å². The van der Waals surface area contributed by atoms with E-state index in [-0.39, 0.29) is 17.6 Å². The van der Waals surface area contributed by atoms with Crippen LogP contribution in [0.3, 0.4) is 0 Å². The quantitative estimate of drug-likeness (QED) is 0.401. The van der Waals surface area contributed by atoms with Crippen LogP contribution in [0.25, 0.3) is 6.08 Å². The first-order valence-corrected chi connectivity index (χ1v) is 12.1. The van der Waals surface area contributed by atoms with Crippen molar-refractivity contribution >= 4 is 29.4 Å². The van der Waals surface area contributed by atoms with Crippen molar-refractivity contribution in [3.63, 3.8) is 0 Å². The normalized spacial score (nSPS) is 24.0. The van der Waals surface area contributed by atoms with E-state index < -0.39 is 23.9 Å². The van der Waals surface area contributed by atoms with Gasteiger partial charge in [0.1, 0.15) is 11.8 Å². The Balaban J connectivity index is 1.49. The van der Waals surface area contributed by atoms with Crippen molar-refractivity contribution < 1.29 is 19.1 Å². The molecule has 3 aliphatic rings. The SMILES string of the molecule is COc1ccc(C(=O)[C@@H]2[C@@H]3C(=O)N(c4ccc(C)cc4C)C(=O)[C@@H]3[C@@H]3c4ccccc4C=CN23)cc1. The number of imide groups is 1. The fraction of sp³-hybridized carbons (Fsp3) is 0.233. The van der Waals surface area contributed by atoms with Crippen LogP contribution in [0.4, 0.5) is 5.69 Å². The third kappa shape index (κ3) is 3.14. The summed E-state index contributed by atoms with van der Waals surface area (Å²) in [6.45, 7) is 3.88. The second-order valence-corrected chi connectivity index (χ2v) is 9.73. The monoisotopic (exact) mass is 478 g/mol. The van der Waals surface area contributed by atoms with Gasteiger partial charge >= 0.3 is 0 Å². The van der Waals surface area contributed by atoms with Gasteiger partial charge in [-0.1, -0.05) is 42.0 Å². The van der Waals surface area contributed by atoms with Gasteiger partial charge < -0.3 is 9.64 Å². The Hall–Kier alpha value is -4.19. The van der Waals surface area contributed by atoms with E-state index in [1.807, 2.05) is 73.5 Å². The van der Waals surface area contributed by atoms with Crippen molar-refractivity contribution in [2.45, 2.75) is 25.9 Å². The van der Waals surface area contributed by atoms with E-state index in [1.165, 1.54) is 4.90 Å². The topological polar surface area (TPSA) is 66.9 Å². The van der Waals surface area contributed by atoms with Crippen LogP contribution in [-0.4, -0.2) is 35.6 Å². The number of methoxy groups -OCH3 is 1. The zero-order valence-electron chi connectivity index (χ0n) is 20.3. The van der Waals surface area contributed by atoms with E-state index >= 15 is 0 Å². The predicted molar refractivity (Wildman–Crippen MR) is 137 cm³/mol. The molecule has 3 aromatic carbocycles. The third-order valence-electron chi connectivity index (χ3n) is 7.70. The molecule has 0 N–H and O–H groups in total. The molecular formula is C30H26N2O4. The van der Waals surface area contributed by atoms with Crippen molar-refractivity contribution in [2.75, 3.05) is 12.0 Å². The summed E-state index contributed by atoms with van der Waals surface area (Å²) in [5.74, 6) is -1.53. The van der Waals surface area contributed by atoms with E-state index in [0.29, 0.717) is 17.0 Å². The van der Waals surface area contributed by atoms with Gasteiger partial charge in [-0.3, -0.25) is 14.4 Å². The minimum atomic E-state index is -0.787. The van der Waals surface area contributed by atoms with Gasteiger partial charge in [-0.05, 0) is 66.9 Å². The zero-order chi connectivity index (χ0) is 25.1. The van der Waals surface area contributed by atoms with Gasteiger partial charge in [-0.25, -0.2) is 4.90 Å². The van der Waals surface area contributed by atoms with Crippen LogP contribution in [0.2, 0.25) is 0 Å². The fourth-order valence-electron chi connectivity index (χ4n) is 6.08. The smallest absolute Gasteiger partial charge is 0.240 e. The first-order valence-electron chi connectivity index (χ1n) is 12.1. The number of anilines is 1. The minimum absolute atomic E-state index is 0.178. The van der Waals surface area contributed by atoms with Crippen LogP contribution in [0, 0.1) is 25.7 Å². The maximum Gasteiger partial charge on any atom is 0.240 e. The maximum atomic E-state index is 14.0. The van der Waals surface area contributed by atoms with Crippen LogP contribution in [-0.2, 0) is 9.59 Å². The number of hydrogen-bond donors (Lipinski definition) is 0. The molecule has 3 aliphatic heterocycles. The molecule has 3 heterocycles. The summed E-state index contributed by atoms with van der Waals surface area (Å²) in [5.41, 5.74) is 4.95. The van der Waals surface area contributed by atoms with Crippen LogP contribution in [0.15, 0.2) is 72.9 Å². The highest BCUT2D eigenvalue weighted by Gasteiger charge is 2.64. The molecule has 0 bridgehead atoms. The zero-order valence-corrected chi connectivity index (χ0v) is 20.3. The second kappa shape index (κ2) is 8.19. The summed E-state index contributed by atoms with van der Waals surface area (Å²) in [5, 5.41) is 0. The number of nitrogens with zero attached hydrogens (tertiary/aromatic N) is 2. The van der Waals surface area contributed by atoms with Gasteiger partial charge in [0.05, 0.1) is 30.7 Å². The van der Waals surface area contributed by atoms with Crippen LogP contribution in [0.1, 0.15) is 38.7 Å². The highest BCUT2D eigenvalue weighted by Crippen LogP contribution is 2.54. The Bertz CT molecular complexity index is 1440. The standard InChI is InChI=1S/C30H26N2O4/c1-17-8-13-23(18(2)16-17)32-29(34)24-25(30(32)35)27(28(33)20-9-11-21(36-3)12-10-20)31-15-14-19-6-4-5-7-22(19)26(24)31/h4-16,24-27H,1-3H3/t24-,25+,26-,27-/m0/s1. The highest BCUT2D eigenvalue weighted by molar-refractivity contribution is 6.25. The van der Waals surface area contributed by atoms with Crippen molar-refractivity contribution in [1.29, 1.82) is 0 Å². The van der Waals surface area contributed by atoms with E-state index in [1.54, 1.807) is 31.4 Å². The number of aryl methyl sites for hydroxylation is 2. The summed E-state index contributed by atoms with van der Waals surface area (Å²) < 4.78 is 5.24.